The third-order valence-corrected chi connectivity index (χ3v) is 5.38. The predicted molar refractivity (Wildman–Crippen MR) is 89.5 cm³/mol. The fourth-order valence-electron chi connectivity index (χ4n) is 3.51. The van der Waals surface area contributed by atoms with Crippen molar-refractivity contribution in [3.63, 3.8) is 0 Å². The zero-order valence-corrected chi connectivity index (χ0v) is 14.8. The summed E-state index contributed by atoms with van der Waals surface area (Å²) in [5.41, 5.74) is 0.937. The summed E-state index contributed by atoms with van der Waals surface area (Å²) in [4.78, 5) is 16.7. The highest BCUT2D eigenvalue weighted by molar-refractivity contribution is 5.75. The number of piperazine rings is 1. The number of rotatable bonds is 5. The molecular formula is C17H28N4O3. The number of carbonyl (C=O) groups excluding carboxylic acids is 1. The number of amides is 2. The molecule has 2 heterocycles. The molecule has 7 nitrogen and oxygen atoms in total. The molecule has 1 saturated heterocycles. The third-order valence-electron chi connectivity index (χ3n) is 5.38. The van der Waals surface area contributed by atoms with E-state index in [-0.39, 0.29) is 23.6 Å². The van der Waals surface area contributed by atoms with E-state index in [1.165, 1.54) is 0 Å². The number of ether oxygens (including phenoxy) is 1. The molecule has 0 bridgehead atoms. The normalized spacial score (nSPS) is 26.9. The van der Waals surface area contributed by atoms with Crippen LogP contribution < -0.4 is 5.32 Å². The van der Waals surface area contributed by atoms with Gasteiger partial charge in [-0.2, -0.15) is 0 Å². The van der Waals surface area contributed by atoms with Gasteiger partial charge in [-0.3, -0.25) is 4.90 Å². The summed E-state index contributed by atoms with van der Waals surface area (Å²) in [7, 11) is 0. The summed E-state index contributed by atoms with van der Waals surface area (Å²) < 4.78 is 10.6. The second kappa shape index (κ2) is 7.11. The fraction of sp³-hybridized carbons (Fsp3) is 0.765. The quantitative estimate of drug-likeness (QED) is 0.886. The second-order valence-electron chi connectivity index (χ2n) is 7.26. The van der Waals surface area contributed by atoms with E-state index in [1.54, 1.807) is 6.26 Å². The fourth-order valence-corrected chi connectivity index (χ4v) is 3.51. The van der Waals surface area contributed by atoms with Crippen LogP contribution in [0.1, 0.15) is 32.9 Å². The Morgan fingerprint density at radius 1 is 1.42 bits per heavy atom. The highest BCUT2D eigenvalue weighted by Crippen LogP contribution is 2.42. The molecule has 2 amide bonds. The van der Waals surface area contributed by atoms with Gasteiger partial charge in [-0.1, -0.05) is 19.0 Å². The lowest BCUT2D eigenvalue weighted by molar-refractivity contribution is -0.111. The van der Waals surface area contributed by atoms with Crippen LogP contribution in [-0.4, -0.2) is 65.9 Å². The summed E-state index contributed by atoms with van der Waals surface area (Å²) >= 11 is 0. The molecule has 1 N–H and O–H groups in total. The zero-order valence-electron chi connectivity index (χ0n) is 14.8. The smallest absolute Gasteiger partial charge is 0.317 e. The topological polar surface area (TPSA) is 70.8 Å². The first-order chi connectivity index (χ1) is 11.5. The van der Waals surface area contributed by atoms with E-state index in [0.717, 1.165) is 51.4 Å². The van der Waals surface area contributed by atoms with Gasteiger partial charge in [-0.15, -0.1) is 0 Å². The van der Waals surface area contributed by atoms with Crippen LogP contribution in [0.4, 0.5) is 4.79 Å². The monoisotopic (exact) mass is 336 g/mol. The Labute approximate surface area is 143 Å². The van der Waals surface area contributed by atoms with Crippen LogP contribution >= 0.6 is 0 Å². The van der Waals surface area contributed by atoms with Crippen LogP contribution in [0.2, 0.25) is 0 Å². The van der Waals surface area contributed by atoms with Gasteiger partial charge in [0.25, 0.3) is 0 Å². The Kier molecular flexibility index (Phi) is 5.10. The van der Waals surface area contributed by atoms with Gasteiger partial charge in [0.2, 0.25) is 0 Å². The zero-order chi connectivity index (χ0) is 17.2. The Bertz CT molecular complexity index is 538. The van der Waals surface area contributed by atoms with Crippen molar-refractivity contribution in [2.45, 2.75) is 45.9 Å². The summed E-state index contributed by atoms with van der Waals surface area (Å²) in [6, 6.07) is 2.12. The number of aromatic nitrogens is 1. The minimum atomic E-state index is 0.000441. The van der Waals surface area contributed by atoms with Gasteiger partial charge in [0.05, 0.1) is 11.8 Å². The molecule has 2 aliphatic rings. The number of carbonyl (C=O) groups is 1. The molecule has 1 saturated carbocycles. The Balaban J connectivity index is 1.43. The standard InChI is InChI=1S/C17H28N4O3/c1-4-23-15-11-14(17(15,2)3)18-16(22)21-8-6-20(7-9-21)12-13-5-10-24-19-13/h5,10,14-15H,4,6-9,11-12H2,1-3H3,(H,18,22)/t14-,15-/m1/s1. The summed E-state index contributed by atoms with van der Waals surface area (Å²) in [6.07, 6.45) is 2.74. The van der Waals surface area contributed by atoms with Gasteiger partial charge in [-0.05, 0) is 13.3 Å². The average Bonchev–Trinajstić information content (AvgIpc) is 3.07. The van der Waals surface area contributed by atoms with Crippen molar-refractivity contribution in [3.8, 4) is 0 Å². The molecule has 1 aliphatic carbocycles. The van der Waals surface area contributed by atoms with Crippen molar-refractivity contribution in [2.75, 3.05) is 32.8 Å². The number of urea groups is 1. The Morgan fingerprint density at radius 3 is 2.75 bits per heavy atom. The first-order valence-corrected chi connectivity index (χ1v) is 8.79. The van der Waals surface area contributed by atoms with Crippen LogP contribution in [0.5, 0.6) is 0 Å². The molecular weight excluding hydrogens is 308 g/mol. The number of hydrogen-bond acceptors (Lipinski definition) is 5. The lowest BCUT2D eigenvalue weighted by Crippen LogP contribution is -2.64. The highest BCUT2D eigenvalue weighted by Gasteiger charge is 2.49. The third kappa shape index (κ3) is 3.57. The molecule has 0 unspecified atom stereocenters. The second-order valence-corrected chi connectivity index (χ2v) is 7.26. The van der Waals surface area contributed by atoms with Crippen molar-refractivity contribution in [2.24, 2.45) is 5.41 Å². The number of nitrogens with one attached hydrogen (secondary N) is 1. The molecule has 1 aromatic rings. The molecule has 2 atom stereocenters. The minimum Gasteiger partial charge on any atom is -0.378 e. The van der Waals surface area contributed by atoms with Crippen LogP contribution in [0.15, 0.2) is 16.9 Å². The molecule has 134 valence electrons. The molecule has 2 fully saturated rings. The van der Waals surface area contributed by atoms with Crippen molar-refractivity contribution >= 4 is 6.03 Å². The van der Waals surface area contributed by atoms with E-state index in [4.69, 9.17) is 9.26 Å². The van der Waals surface area contributed by atoms with E-state index in [2.05, 4.69) is 29.2 Å². The first-order valence-electron chi connectivity index (χ1n) is 8.79. The molecule has 24 heavy (non-hydrogen) atoms. The van der Waals surface area contributed by atoms with Gasteiger partial charge in [-0.25, -0.2) is 4.79 Å². The van der Waals surface area contributed by atoms with Gasteiger partial charge in [0.1, 0.15) is 6.26 Å². The van der Waals surface area contributed by atoms with E-state index in [9.17, 15) is 4.79 Å². The lowest BCUT2D eigenvalue weighted by atomic mass is 9.64. The molecule has 7 heteroatoms. The average molecular weight is 336 g/mol. The van der Waals surface area contributed by atoms with E-state index < -0.39 is 0 Å². The predicted octanol–water partition coefficient (Wildman–Crippen LogP) is 1.71. The lowest BCUT2D eigenvalue weighted by Gasteiger charge is -2.52. The van der Waals surface area contributed by atoms with E-state index >= 15 is 0 Å². The first kappa shape index (κ1) is 17.2. The molecule has 1 aliphatic heterocycles. The summed E-state index contributed by atoms with van der Waals surface area (Å²) in [5, 5.41) is 7.13. The maximum Gasteiger partial charge on any atom is 0.317 e. The maximum absolute atomic E-state index is 12.5. The van der Waals surface area contributed by atoms with Crippen molar-refractivity contribution < 1.29 is 14.1 Å². The summed E-state index contributed by atoms with van der Waals surface area (Å²) in [6.45, 7) is 11.0. The molecule has 0 radical (unpaired) electrons. The van der Waals surface area contributed by atoms with Crippen molar-refractivity contribution in [3.05, 3.63) is 18.0 Å². The minimum absolute atomic E-state index is 0.000441. The molecule has 3 rings (SSSR count). The van der Waals surface area contributed by atoms with Crippen LogP contribution in [0, 0.1) is 5.41 Å². The van der Waals surface area contributed by atoms with Crippen LogP contribution in [0.3, 0.4) is 0 Å². The van der Waals surface area contributed by atoms with E-state index in [1.807, 2.05) is 17.9 Å². The van der Waals surface area contributed by atoms with Gasteiger partial charge in [0, 0.05) is 56.9 Å². The molecule has 1 aromatic heterocycles. The SMILES string of the molecule is CCO[C@@H]1C[C@@H](NC(=O)N2CCN(Cc3ccon3)CC2)C1(C)C. The van der Waals surface area contributed by atoms with Crippen molar-refractivity contribution in [1.29, 1.82) is 0 Å². The van der Waals surface area contributed by atoms with Crippen LogP contribution in [-0.2, 0) is 11.3 Å². The Morgan fingerprint density at radius 2 is 2.17 bits per heavy atom. The van der Waals surface area contributed by atoms with E-state index in [0.29, 0.717) is 0 Å². The summed E-state index contributed by atoms with van der Waals surface area (Å²) in [5.74, 6) is 0. The van der Waals surface area contributed by atoms with Crippen molar-refractivity contribution in [1.82, 2.24) is 20.3 Å². The van der Waals surface area contributed by atoms with Crippen LogP contribution in [0.25, 0.3) is 0 Å². The Hall–Kier alpha value is -1.60. The largest absolute Gasteiger partial charge is 0.378 e. The maximum atomic E-state index is 12.5. The number of nitrogens with zero attached hydrogens (tertiary/aromatic N) is 3. The van der Waals surface area contributed by atoms with Gasteiger partial charge >= 0.3 is 6.03 Å². The highest BCUT2D eigenvalue weighted by atomic mass is 16.5. The van der Waals surface area contributed by atoms with Gasteiger partial charge < -0.3 is 19.5 Å². The molecule has 0 aromatic carbocycles. The number of hydrogen-bond donors (Lipinski definition) is 1. The molecule has 0 spiro atoms. The van der Waals surface area contributed by atoms with Gasteiger partial charge in [0.15, 0.2) is 0 Å².